The van der Waals surface area contributed by atoms with Gasteiger partial charge in [0.05, 0.1) is 36.0 Å². The van der Waals surface area contributed by atoms with Crippen molar-refractivity contribution in [3.63, 3.8) is 0 Å². The topological polar surface area (TPSA) is 54.0 Å². The van der Waals surface area contributed by atoms with Gasteiger partial charge in [0.2, 0.25) is 0 Å². The van der Waals surface area contributed by atoms with Crippen molar-refractivity contribution in [2.45, 2.75) is 12.6 Å². The number of benzene rings is 1. The van der Waals surface area contributed by atoms with Crippen LogP contribution >= 0.6 is 46.7 Å². The smallest absolute Gasteiger partial charge is 0.317 e. The first-order chi connectivity index (χ1) is 15.1. The highest BCUT2D eigenvalue weighted by atomic mass is 35.5. The maximum Gasteiger partial charge on any atom is 0.317 e. The summed E-state index contributed by atoms with van der Waals surface area (Å²) in [6.45, 7) is 7.24. The number of urea groups is 1. The van der Waals surface area contributed by atoms with Crippen LogP contribution < -0.4 is 5.32 Å². The fourth-order valence-electron chi connectivity index (χ4n) is 3.46. The second-order valence-electron chi connectivity index (χ2n) is 7.49. The first-order valence-electron chi connectivity index (χ1n) is 10.7. The summed E-state index contributed by atoms with van der Waals surface area (Å²) in [4.78, 5) is 16.4. The van der Waals surface area contributed by atoms with E-state index in [4.69, 9.17) is 32.7 Å². The first kappa shape index (κ1) is 25.3. The molecule has 1 N–H and O–H groups in total. The lowest BCUT2D eigenvalue weighted by Crippen LogP contribution is -2.50. The number of carbonyl (C=O) groups excluding carboxylic acids is 1. The lowest BCUT2D eigenvalue weighted by molar-refractivity contribution is -0.0290. The average molecular weight is 509 g/mol. The molecule has 3 aliphatic heterocycles. The summed E-state index contributed by atoms with van der Waals surface area (Å²) in [7, 11) is 0. The van der Waals surface area contributed by atoms with E-state index in [1.807, 2.05) is 46.6 Å². The fourth-order valence-corrected chi connectivity index (χ4v) is 5.36. The van der Waals surface area contributed by atoms with E-state index in [9.17, 15) is 4.79 Å². The number of hydrogen-bond donors (Lipinski definition) is 1. The van der Waals surface area contributed by atoms with Gasteiger partial charge in [-0.05, 0) is 17.7 Å². The molecule has 0 saturated carbocycles. The predicted molar refractivity (Wildman–Crippen MR) is 132 cm³/mol. The molecule has 31 heavy (non-hydrogen) atoms. The minimum Gasteiger partial charge on any atom is -0.380 e. The number of rotatable bonds is 4. The molecule has 0 aromatic heterocycles. The first-order valence-corrected chi connectivity index (χ1v) is 13.7. The number of nitrogens with zero attached hydrogens (tertiary/aromatic N) is 2. The van der Waals surface area contributed by atoms with Gasteiger partial charge >= 0.3 is 6.03 Å². The SMILES string of the molecule is C1CSCCO1.O=C(NCC1CN(Cc2ccc(Cl)c(Cl)c2)CCO1)N1CCSCC1. The fraction of sp³-hybridized carbons (Fsp3) is 0.667. The summed E-state index contributed by atoms with van der Waals surface area (Å²) >= 11 is 15.9. The van der Waals surface area contributed by atoms with E-state index in [1.165, 1.54) is 11.5 Å². The van der Waals surface area contributed by atoms with Gasteiger partial charge in [0.1, 0.15) is 0 Å². The summed E-state index contributed by atoms with van der Waals surface area (Å²) in [6.07, 6.45) is 0.0136. The number of hydrogen-bond acceptors (Lipinski definition) is 6. The zero-order chi connectivity index (χ0) is 21.9. The van der Waals surface area contributed by atoms with Crippen LogP contribution in [0.2, 0.25) is 10.0 Å². The molecule has 2 amide bonds. The van der Waals surface area contributed by atoms with Gasteiger partial charge in [0, 0.05) is 62.3 Å². The molecule has 0 radical (unpaired) electrons. The van der Waals surface area contributed by atoms with Crippen molar-refractivity contribution in [2.75, 3.05) is 75.6 Å². The third-order valence-electron chi connectivity index (χ3n) is 5.14. The van der Waals surface area contributed by atoms with Crippen molar-refractivity contribution in [1.29, 1.82) is 0 Å². The Bertz CT molecular complexity index is 680. The lowest BCUT2D eigenvalue weighted by Gasteiger charge is -2.34. The highest BCUT2D eigenvalue weighted by molar-refractivity contribution is 7.99. The summed E-state index contributed by atoms with van der Waals surface area (Å²) in [5.74, 6) is 4.43. The number of nitrogens with one attached hydrogen (secondary N) is 1. The number of ether oxygens (including phenoxy) is 2. The van der Waals surface area contributed by atoms with Crippen LogP contribution in [0.1, 0.15) is 5.56 Å². The van der Waals surface area contributed by atoms with Gasteiger partial charge in [-0.2, -0.15) is 23.5 Å². The Morgan fingerprint density at radius 1 is 1.03 bits per heavy atom. The Kier molecular flexibility index (Phi) is 11.4. The molecular formula is C21H31Cl2N3O3S2. The second kappa shape index (κ2) is 14.0. The molecule has 1 aromatic carbocycles. The third kappa shape index (κ3) is 9.20. The van der Waals surface area contributed by atoms with E-state index >= 15 is 0 Å². The predicted octanol–water partition coefficient (Wildman–Crippen LogP) is 3.70. The Hall–Kier alpha value is -0.350. The number of thioether (sulfide) groups is 2. The minimum atomic E-state index is 0.0136. The van der Waals surface area contributed by atoms with Crippen molar-refractivity contribution in [3.8, 4) is 0 Å². The highest BCUT2D eigenvalue weighted by Gasteiger charge is 2.23. The molecule has 3 saturated heterocycles. The number of halogens is 2. The van der Waals surface area contributed by atoms with E-state index in [2.05, 4.69) is 10.2 Å². The molecule has 174 valence electrons. The van der Waals surface area contributed by atoms with Crippen LogP contribution in [0, 0.1) is 0 Å². The maximum absolute atomic E-state index is 12.2. The Labute approximate surface area is 203 Å². The van der Waals surface area contributed by atoms with Gasteiger partial charge in [-0.3, -0.25) is 4.90 Å². The molecule has 4 rings (SSSR count). The molecule has 10 heteroatoms. The normalized spacial score (nSPS) is 22.4. The molecule has 3 heterocycles. The maximum atomic E-state index is 12.2. The third-order valence-corrected chi connectivity index (χ3v) is 7.73. The molecule has 1 unspecified atom stereocenters. The van der Waals surface area contributed by atoms with Gasteiger partial charge in [-0.1, -0.05) is 29.3 Å². The molecule has 1 atom stereocenters. The molecule has 0 aliphatic carbocycles. The summed E-state index contributed by atoms with van der Waals surface area (Å²) in [5.41, 5.74) is 1.13. The molecular weight excluding hydrogens is 477 g/mol. The van der Waals surface area contributed by atoms with Gasteiger partial charge < -0.3 is 19.7 Å². The van der Waals surface area contributed by atoms with Crippen LogP contribution in [-0.2, 0) is 16.0 Å². The zero-order valence-electron chi connectivity index (χ0n) is 17.7. The van der Waals surface area contributed by atoms with Crippen molar-refractivity contribution in [2.24, 2.45) is 0 Å². The highest BCUT2D eigenvalue weighted by Crippen LogP contribution is 2.23. The summed E-state index contributed by atoms with van der Waals surface area (Å²) in [6, 6.07) is 5.75. The molecule has 3 aliphatic rings. The summed E-state index contributed by atoms with van der Waals surface area (Å²) < 4.78 is 10.8. The van der Waals surface area contributed by atoms with E-state index in [1.54, 1.807) is 0 Å². The van der Waals surface area contributed by atoms with Crippen molar-refractivity contribution in [3.05, 3.63) is 33.8 Å². The summed E-state index contributed by atoms with van der Waals surface area (Å²) in [5, 5.41) is 4.16. The number of amides is 2. The van der Waals surface area contributed by atoms with Crippen LogP contribution in [0.3, 0.4) is 0 Å². The lowest BCUT2D eigenvalue weighted by atomic mass is 10.2. The van der Waals surface area contributed by atoms with Gasteiger partial charge in [0.15, 0.2) is 0 Å². The Morgan fingerprint density at radius 2 is 1.77 bits per heavy atom. The van der Waals surface area contributed by atoms with Crippen LogP contribution in [0.25, 0.3) is 0 Å². The van der Waals surface area contributed by atoms with E-state index < -0.39 is 0 Å². The minimum absolute atomic E-state index is 0.0136. The zero-order valence-corrected chi connectivity index (χ0v) is 20.8. The quantitative estimate of drug-likeness (QED) is 0.670. The van der Waals surface area contributed by atoms with Gasteiger partial charge in [-0.25, -0.2) is 4.79 Å². The molecule has 6 nitrogen and oxygen atoms in total. The van der Waals surface area contributed by atoms with E-state index in [0.29, 0.717) is 23.2 Å². The number of carbonyl (C=O) groups is 1. The van der Waals surface area contributed by atoms with E-state index in [-0.39, 0.29) is 12.1 Å². The number of morpholine rings is 1. The Balaban J connectivity index is 0.000000391. The van der Waals surface area contributed by atoms with Crippen LogP contribution in [-0.4, -0.2) is 97.5 Å². The van der Waals surface area contributed by atoms with Crippen molar-refractivity contribution in [1.82, 2.24) is 15.1 Å². The Morgan fingerprint density at radius 3 is 2.42 bits per heavy atom. The van der Waals surface area contributed by atoms with Gasteiger partial charge in [-0.15, -0.1) is 0 Å². The van der Waals surface area contributed by atoms with Crippen molar-refractivity contribution >= 4 is 52.8 Å². The molecule has 1 aromatic rings. The standard InChI is InChI=1S/C17H23Cl2N3O2S.C4H8OS/c18-15-2-1-13(9-16(15)19)11-21-3-6-24-14(12-21)10-20-17(23)22-4-7-25-8-5-22;1-3-6-4-2-5-1/h1-2,9,14H,3-8,10-12H2,(H,20,23);1-4H2. The van der Waals surface area contributed by atoms with Crippen molar-refractivity contribution < 1.29 is 14.3 Å². The monoisotopic (exact) mass is 507 g/mol. The van der Waals surface area contributed by atoms with E-state index in [0.717, 1.165) is 63.0 Å². The molecule has 0 bridgehead atoms. The largest absolute Gasteiger partial charge is 0.380 e. The average Bonchev–Trinajstić information content (AvgIpc) is 2.82. The van der Waals surface area contributed by atoms with Crippen LogP contribution in [0.15, 0.2) is 18.2 Å². The van der Waals surface area contributed by atoms with Gasteiger partial charge in [0.25, 0.3) is 0 Å². The molecule has 0 spiro atoms. The second-order valence-corrected chi connectivity index (χ2v) is 10.8. The van der Waals surface area contributed by atoms with Crippen LogP contribution in [0.4, 0.5) is 4.79 Å². The van der Waals surface area contributed by atoms with Crippen LogP contribution in [0.5, 0.6) is 0 Å². The molecule has 3 fully saturated rings.